The van der Waals surface area contributed by atoms with Gasteiger partial charge >= 0.3 is 0 Å². The van der Waals surface area contributed by atoms with E-state index in [1.165, 1.54) is 18.1 Å². The van der Waals surface area contributed by atoms with Crippen molar-refractivity contribution in [1.29, 1.82) is 0 Å². The first-order chi connectivity index (χ1) is 7.51. The molecule has 0 aromatic rings. The summed E-state index contributed by atoms with van der Waals surface area (Å²) in [6.45, 7) is 15.9. The van der Waals surface area contributed by atoms with Crippen LogP contribution in [-0.4, -0.2) is 29.9 Å². The van der Waals surface area contributed by atoms with Gasteiger partial charge < -0.3 is 14.6 Å². The molecule has 0 atom stereocenters. The average molecular weight is 262 g/mol. The summed E-state index contributed by atoms with van der Waals surface area (Å²) in [7, 11) is -2.88. The third kappa shape index (κ3) is 4.67. The molecular formula is C11H31N3Si2. The molecule has 16 heavy (non-hydrogen) atoms. The fourth-order valence-corrected chi connectivity index (χ4v) is 12.5. The molecule has 0 heterocycles. The van der Waals surface area contributed by atoms with Gasteiger partial charge in [-0.25, -0.2) is 0 Å². The highest BCUT2D eigenvalue weighted by molar-refractivity contribution is 6.90. The van der Waals surface area contributed by atoms with E-state index >= 15 is 0 Å². The normalized spacial score (nSPS) is 13.1. The molecule has 0 rings (SSSR count). The van der Waals surface area contributed by atoms with Gasteiger partial charge in [0.2, 0.25) is 0 Å². The first-order valence-corrected chi connectivity index (χ1v) is 11.9. The fourth-order valence-electron chi connectivity index (χ4n) is 2.40. The summed E-state index contributed by atoms with van der Waals surface area (Å²) in [5.74, 6) is 0. The summed E-state index contributed by atoms with van der Waals surface area (Å²) < 4.78 is 4.05. The Balaban J connectivity index is 4.68. The van der Waals surface area contributed by atoms with Crippen molar-refractivity contribution in [3.63, 3.8) is 0 Å². The lowest BCUT2D eigenvalue weighted by Crippen LogP contribution is -2.76. The van der Waals surface area contributed by atoms with E-state index in [0.29, 0.717) is 0 Å². The molecule has 0 radical (unpaired) electrons. The van der Waals surface area contributed by atoms with Crippen LogP contribution in [0.3, 0.4) is 0 Å². The van der Waals surface area contributed by atoms with Gasteiger partial charge in [0.25, 0.3) is 8.56 Å². The SMILES string of the molecule is CCN[Si](C)(NCC)N[Si](CC)(CC)CC. The van der Waals surface area contributed by atoms with Crippen LogP contribution >= 0.6 is 0 Å². The molecule has 3 nitrogen and oxygen atoms in total. The summed E-state index contributed by atoms with van der Waals surface area (Å²) in [5, 5.41) is 0. The summed E-state index contributed by atoms with van der Waals surface area (Å²) in [5.41, 5.74) is 0. The van der Waals surface area contributed by atoms with E-state index in [9.17, 15) is 0 Å². The van der Waals surface area contributed by atoms with E-state index in [0.717, 1.165) is 13.1 Å². The first-order valence-electron chi connectivity index (χ1n) is 6.80. The lowest BCUT2D eigenvalue weighted by atomic mass is 10.8. The van der Waals surface area contributed by atoms with E-state index in [1.54, 1.807) is 0 Å². The van der Waals surface area contributed by atoms with Crippen LogP contribution in [0.15, 0.2) is 0 Å². The molecule has 5 heteroatoms. The van der Waals surface area contributed by atoms with Crippen molar-refractivity contribution in [1.82, 2.24) is 14.6 Å². The molecule has 98 valence electrons. The smallest absolute Gasteiger partial charge is 0.271 e. The van der Waals surface area contributed by atoms with Crippen molar-refractivity contribution in [3.05, 3.63) is 0 Å². The fraction of sp³-hybridized carbons (Fsp3) is 1.00. The van der Waals surface area contributed by atoms with Crippen molar-refractivity contribution >= 4 is 16.8 Å². The quantitative estimate of drug-likeness (QED) is 0.558. The molecule has 0 fully saturated rings. The van der Waals surface area contributed by atoms with E-state index in [-0.39, 0.29) is 0 Å². The Bertz CT molecular complexity index is 170. The second kappa shape index (κ2) is 7.60. The molecular weight excluding hydrogens is 230 g/mol. The molecule has 0 bridgehead atoms. The van der Waals surface area contributed by atoms with E-state index in [1.807, 2.05) is 0 Å². The van der Waals surface area contributed by atoms with Crippen LogP contribution in [0.4, 0.5) is 0 Å². The molecule has 0 amide bonds. The molecule has 0 aromatic carbocycles. The van der Waals surface area contributed by atoms with Crippen molar-refractivity contribution in [2.45, 2.75) is 59.3 Å². The van der Waals surface area contributed by atoms with E-state index < -0.39 is 16.8 Å². The van der Waals surface area contributed by atoms with Crippen LogP contribution < -0.4 is 14.6 Å². The van der Waals surface area contributed by atoms with Crippen LogP contribution in [0.25, 0.3) is 0 Å². The zero-order valence-electron chi connectivity index (χ0n) is 12.0. The van der Waals surface area contributed by atoms with Crippen molar-refractivity contribution in [3.8, 4) is 0 Å². The van der Waals surface area contributed by atoms with E-state index in [4.69, 9.17) is 0 Å². The molecule has 3 N–H and O–H groups in total. The Morgan fingerprint density at radius 3 is 1.38 bits per heavy atom. The van der Waals surface area contributed by atoms with E-state index in [2.05, 4.69) is 55.8 Å². The predicted molar refractivity (Wildman–Crippen MR) is 79.3 cm³/mol. The minimum absolute atomic E-state index is 1.05. The number of nitrogens with one attached hydrogen (secondary N) is 3. The van der Waals surface area contributed by atoms with Gasteiger partial charge in [-0.2, -0.15) is 0 Å². The first kappa shape index (κ1) is 16.3. The van der Waals surface area contributed by atoms with Gasteiger partial charge in [0.1, 0.15) is 8.24 Å². The average Bonchev–Trinajstić information content (AvgIpc) is 2.27. The minimum atomic E-state index is -1.64. The molecule has 0 saturated heterocycles. The third-order valence-electron chi connectivity index (χ3n) is 3.61. The van der Waals surface area contributed by atoms with Crippen molar-refractivity contribution in [2.24, 2.45) is 0 Å². The molecule has 0 aliphatic rings. The highest BCUT2D eigenvalue weighted by Gasteiger charge is 2.37. The minimum Gasteiger partial charge on any atom is -0.335 e. The lowest BCUT2D eigenvalue weighted by molar-refractivity contribution is 0.827. The maximum atomic E-state index is 4.05. The Labute approximate surface area is 104 Å². The van der Waals surface area contributed by atoms with Gasteiger partial charge in [-0.3, -0.25) is 0 Å². The topological polar surface area (TPSA) is 36.1 Å². The Morgan fingerprint density at radius 2 is 1.12 bits per heavy atom. The van der Waals surface area contributed by atoms with Crippen LogP contribution in [0, 0.1) is 0 Å². The molecule has 0 aliphatic carbocycles. The number of hydrogen-bond donors (Lipinski definition) is 3. The maximum absolute atomic E-state index is 4.05. The summed E-state index contributed by atoms with van der Waals surface area (Å²) in [4.78, 5) is 7.34. The van der Waals surface area contributed by atoms with Crippen molar-refractivity contribution in [2.75, 3.05) is 13.1 Å². The number of rotatable bonds is 9. The van der Waals surface area contributed by atoms with Gasteiger partial charge in [0, 0.05) is 0 Å². The summed E-state index contributed by atoms with van der Waals surface area (Å²) in [6, 6.07) is 4.00. The van der Waals surface area contributed by atoms with Crippen LogP contribution in [0.1, 0.15) is 34.6 Å². The van der Waals surface area contributed by atoms with Crippen molar-refractivity contribution < 1.29 is 0 Å². The Morgan fingerprint density at radius 1 is 0.750 bits per heavy atom. The standard InChI is InChI=1S/C11H31N3Si2/c1-7-12-15(6,13-8-2)14-16(9-3,10-4)11-5/h12-14H,7-11H2,1-6H3. The summed E-state index contributed by atoms with van der Waals surface area (Å²) >= 11 is 0. The number of hydrogen-bond acceptors (Lipinski definition) is 3. The third-order valence-corrected chi connectivity index (χ3v) is 13.9. The second-order valence-corrected chi connectivity index (χ2v) is 13.3. The van der Waals surface area contributed by atoms with Crippen LogP contribution in [0.5, 0.6) is 0 Å². The van der Waals surface area contributed by atoms with Gasteiger partial charge in [0.05, 0.1) is 0 Å². The Kier molecular flexibility index (Phi) is 7.75. The van der Waals surface area contributed by atoms with Gasteiger partial charge in [-0.05, 0) is 37.8 Å². The summed E-state index contributed by atoms with van der Waals surface area (Å²) in [6.07, 6.45) is 0. The second-order valence-electron chi connectivity index (χ2n) is 4.65. The monoisotopic (exact) mass is 261 g/mol. The van der Waals surface area contributed by atoms with Gasteiger partial charge in [0.15, 0.2) is 0 Å². The van der Waals surface area contributed by atoms with Crippen LogP contribution in [0.2, 0.25) is 24.7 Å². The highest BCUT2D eigenvalue weighted by Crippen LogP contribution is 2.17. The molecule has 0 spiro atoms. The zero-order chi connectivity index (χ0) is 12.7. The lowest BCUT2D eigenvalue weighted by Gasteiger charge is -2.40. The highest BCUT2D eigenvalue weighted by atomic mass is 28.4. The van der Waals surface area contributed by atoms with Crippen LogP contribution in [-0.2, 0) is 0 Å². The molecule has 0 saturated carbocycles. The maximum Gasteiger partial charge on any atom is 0.271 e. The van der Waals surface area contributed by atoms with Gasteiger partial charge in [-0.15, -0.1) is 0 Å². The predicted octanol–water partition coefficient (Wildman–Crippen LogP) is 2.37. The van der Waals surface area contributed by atoms with Gasteiger partial charge in [-0.1, -0.05) is 34.6 Å². The molecule has 0 aliphatic heterocycles. The Hall–Kier alpha value is 0.314. The largest absolute Gasteiger partial charge is 0.335 e. The zero-order valence-corrected chi connectivity index (χ0v) is 14.0. The molecule has 0 aromatic heterocycles. The molecule has 0 unspecified atom stereocenters.